The van der Waals surface area contributed by atoms with Crippen LogP contribution in [0.15, 0.2) is 12.1 Å². The first-order valence-corrected chi connectivity index (χ1v) is 6.46. The number of hydrogen-bond acceptors (Lipinski definition) is 4. The van der Waals surface area contributed by atoms with E-state index in [9.17, 15) is 13.2 Å². The molecule has 1 aromatic heterocycles. The minimum Gasteiger partial charge on any atom is -0.384 e. The summed E-state index contributed by atoms with van der Waals surface area (Å²) in [6.45, 7) is 2.10. The Labute approximate surface area is 115 Å². The largest absolute Gasteiger partial charge is 0.433 e. The van der Waals surface area contributed by atoms with E-state index in [0.717, 1.165) is 12.5 Å². The lowest BCUT2D eigenvalue weighted by molar-refractivity contribution is -0.141. The second kappa shape index (κ2) is 5.97. The number of hydrogen-bond donors (Lipinski definition) is 1. The van der Waals surface area contributed by atoms with Crippen molar-refractivity contribution in [2.45, 2.75) is 19.1 Å². The van der Waals surface area contributed by atoms with Crippen LogP contribution in [0.2, 0.25) is 0 Å². The fourth-order valence-electron chi connectivity index (χ4n) is 2.47. The summed E-state index contributed by atoms with van der Waals surface area (Å²) in [4.78, 5) is 5.63. The molecule has 7 heteroatoms. The van der Waals surface area contributed by atoms with E-state index in [0.29, 0.717) is 37.0 Å². The van der Waals surface area contributed by atoms with Crippen LogP contribution in [-0.2, 0) is 17.5 Å². The lowest BCUT2D eigenvalue weighted by Gasteiger charge is -2.21. The van der Waals surface area contributed by atoms with E-state index in [1.807, 2.05) is 4.90 Å². The minimum atomic E-state index is -4.44. The van der Waals surface area contributed by atoms with Crippen molar-refractivity contribution in [3.8, 4) is 0 Å². The van der Waals surface area contributed by atoms with Gasteiger partial charge in [0.25, 0.3) is 0 Å². The number of ether oxygens (including phenoxy) is 1. The van der Waals surface area contributed by atoms with Crippen molar-refractivity contribution < 1.29 is 17.9 Å². The molecule has 1 unspecified atom stereocenters. The molecule has 0 aromatic carbocycles. The quantitative estimate of drug-likeness (QED) is 0.921. The van der Waals surface area contributed by atoms with Crippen LogP contribution in [0, 0.1) is 5.92 Å². The fourth-order valence-corrected chi connectivity index (χ4v) is 2.47. The van der Waals surface area contributed by atoms with Crippen LogP contribution in [0.1, 0.15) is 17.7 Å². The van der Waals surface area contributed by atoms with Gasteiger partial charge in [0.05, 0.1) is 6.61 Å². The molecule has 2 rings (SSSR count). The van der Waals surface area contributed by atoms with E-state index < -0.39 is 11.9 Å². The summed E-state index contributed by atoms with van der Waals surface area (Å²) >= 11 is 0. The average molecular weight is 289 g/mol. The maximum Gasteiger partial charge on any atom is 0.433 e. The standard InChI is InChI=1S/C13H18F3N3O/c1-20-8-9-4-5-19(7-9)12-10(6-17)2-3-11(18-12)13(14,15)16/h2-3,9H,4-8,17H2,1H3. The Morgan fingerprint density at radius 3 is 2.80 bits per heavy atom. The molecule has 2 N–H and O–H groups in total. The van der Waals surface area contributed by atoms with Gasteiger partial charge in [0.15, 0.2) is 0 Å². The maximum atomic E-state index is 12.8. The first kappa shape index (κ1) is 15.1. The molecule has 20 heavy (non-hydrogen) atoms. The van der Waals surface area contributed by atoms with Crippen molar-refractivity contribution in [3.63, 3.8) is 0 Å². The molecule has 1 aromatic rings. The summed E-state index contributed by atoms with van der Waals surface area (Å²) in [5.41, 5.74) is 5.36. The molecule has 1 atom stereocenters. The SMILES string of the molecule is COCC1CCN(c2nc(C(F)(F)F)ccc2CN)C1. The Balaban J connectivity index is 2.25. The second-order valence-corrected chi connectivity index (χ2v) is 4.94. The number of halogens is 3. The minimum absolute atomic E-state index is 0.173. The van der Waals surface area contributed by atoms with E-state index in [1.165, 1.54) is 6.07 Å². The van der Waals surface area contributed by atoms with Crippen molar-refractivity contribution >= 4 is 5.82 Å². The molecule has 0 bridgehead atoms. The van der Waals surface area contributed by atoms with Crippen molar-refractivity contribution in [1.29, 1.82) is 0 Å². The zero-order chi connectivity index (χ0) is 14.8. The van der Waals surface area contributed by atoms with Crippen LogP contribution < -0.4 is 10.6 Å². The predicted octanol–water partition coefficient (Wildman–Crippen LogP) is 2.03. The van der Waals surface area contributed by atoms with Gasteiger partial charge in [0.2, 0.25) is 0 Å². The summed E-state index contributed by atoms with van der Waals surface area (Å²) in [5, 5.41) is 0. The molecule has 0 radical (unpaired) electrons. The molecule has 112 valence electrons. The van der Waals surface area contributed by atoms with E-state index in [1.54, 1.807) is 7.11 Å². The van der Waals surface area contributed by atoms with Crippen molar-refractivity contribution in [2.24, 2.45) is 11.7 Å². The third-order valence-electron chi connectivity index (χ3n) is 3.45. The zero-order valence-corrected chi connectivity index (χ0v) is 11.3. The Morgan fingerprint density at radius 2 is 2.20 bits per heavy atom. The average Bonchev–Trinajstić information content (AvgIpc) is 2.86. The number of alkyl halides is 3. The third-order valence-corrected chi connectivity index (χ3v) is 3.45. The monoisotopic (exact) mass is 289 g/mol. The number of nitrogens with two attached hydrogens (primary N) is 1. The predicted molar refractivity (Wildman–Crippen MR) is 69.3 cm³/mol. The van der Waals surface area contributed by atoms with Crippen LogP contribution in [0.4, 0.5) is 19.0 Å². The number of aromatic nitrogens is 1. The molecule has 0 aliphatic carbocycles. The Morgan fingerprint density at radius 1 is 1.45 bits per heavy atom. The lowest BCUT2D eigenvalue weighted by Crippen LogP contribution is -2.25. The van der Waals surface area contributed by atoms with E-state index in [4.69, 9.17) is 10.5 Å². The Hall–Kier alpha value is -1.34. The molecule has 2 heterocycles. The third kappa shape index (κ3) is 3.21. The van der Waals surface area contributed by atoms with Crippen LogP contribution in [-0.4, -0.2) is 31.8 Å². The van der Waals surface area contributed by atoms with Gasteiger partial charge in [-0.15, -0.1) is 0 Å². The molecule has 1 saturated heterocycles. The highest BCUT2D eigenvalue weighted by Crippen LogP contribution is 2.32. The molecule has 0 spiro atoms. The van der Waals surface area contributed by atoms with Gasteiger partial charge in [-0.05, 0) is 12.5 Å². The topological polar surface area (TPSA) is 51.4 Å². The van der Waals surface area contributed by atoms with E-state index >= 15 is 0 Å². The van der Waals surface area contributed by atoms with Crippen LogP contribution in [0.3, 0.4) is 0 Å². The van der Waals surface area contributed by atoms with Crippen LogP contribution in [0.5, 0.6) is 0 Å². The van der Waals surface area contributed by atoms with Crippen molar-refractivity contribution in [3.05, 3.63) is 23.4 Å². The second-order valence-electron chi connectivity index (χ2n) is 4.94. The Kier molecular flexibility index (Phi) is 4.49. The van der Waals surface area contributed by atoms with Gasteiger partial charge in [-0.25, -0.2) is 4.98 Å². The summed E-state index contributed by atoms with van der Waals surface area (Å²) in [5.74, 6) is 0.669. The first-order chi connectivity index (χ1) is 9.45. The number of rotatable bonds is 4. The van der Waals surface area contributed by atoms with Gasteiger partial charge in [0, 0.05) is 38.2 Å². The molecule has 1 aliphatic rings. The van der Waals surface area contributed by atoms with Crippen molar-refractivity contribution in [1.82, 2.24) is 4.98 Å². The molecule has 0 amide bonds. The number of nitrogens with zero attached hydrogens (tertiary/aromatic N) is 2. The van der Waals surface area contributed by atoms with Crippen molar-refractivity contribution in [2.75, 3.05) is 31.7 Å². The van der Waals surface area contributed by atoms with Crippen LogP contribution >= 0.6 is 0 Å². The zero-order valence-electron chi connectivity index (χ0n) is 11.3. The summed E-state index contributed by atoms with van der Waals surface area (Å²) < 4.78 is 43.4. The Bertz CT molecular complexity index is 465. The van der Waals surface area contributed by atoms with Gasteiger partial charge in [-0.3, -0.25) is 0 Å². The van der Waals surface area contributed by atoms with E-state index in [-0.39, 0.29) is 6.54 Å². The smallest absolute Gasteiger partial charge is 0.384 e. The number of pyridine rings is 1. The summed E-state index contributed by atoms with van der Waals surface area (Å²) in [6, 6.07) is 2.39. The van der Waals surface area contributed by atoms with Crippen LogP contribution in [0.25, 0.3) is 0 Å². The normalized spacial score (nSPS) is 19.6. The molecular weight excluding hydrogens is 271 g/mol. The molecule has 1 fully saturated rings. The highest BCUT2D eigenvalue weighted by atomic mass is 19.4. The summed E-state index contributed by atoms with van der Waals surface area (Å²) in [6.07, 6.45) is -3.55. The van der Waals surface area contributed by atoms with Gasteiger partial charge in [-0.2, -0.15) is 13.2 Å². The lowest BCUT2D eigenvalue weighted by atomic mass is 10.1. The number of anilines is 1. The maximum absolute atomic E-state index is 12.8. The van der Waals surface area contributed by atoms with Gasteiger partial charge in [0.1, 0.15) is 11.5 Å². The molecule has 0 saturated carbocycles. The highest BCUT2D eigenvalue weighted by Gasteiger charge is 2.34. The highest BCUT2D eigenvalue weighted by molar-refractivity contribution is 5.49. The number of methoxy groups -OCH3 is 1. The molecule has 4 nitrogen and oxygen atoms in total. The van der Waals surface area contributed by atoms with Gasteiger partial charge >= 0.3 is 6.18 Å². The van der Waals surface area contributed by atoms with Gasteiger partial charge in [-0.1, -0.05) is 6.07 Å². The molecular formula is C13H18F3N3O. The van der Waals surface area contributed by atoms with E-state index in [2.05, 4.69) is 4.98 Å². The first-order valence-electron chi connectivity index (χ1n) is 6.46. The van der Waals surface area contributed by atoms with Gasteiger partial charge < -0.3 is 15.4 Å². The molecule has 1 aliphatic heterocycles. The fraction of sp³-hybridized carbons (Fsp3) is 0.615. The summed E-state index contributed by atoms with van der Waals surface area (Å²) in [7, 11) is 1.62.